The van der Waals surface area contributed by atoms with Crippen LogP contribution < -0.4 is 33.2 Å². The van der Waals surface area contributed by atoms with Crippen molar-refractivity contribution in [1.29, 1.82) is 0 Å². The van der Waals surface area contributed by atoms with Gasteiger partial charge in [0, 0.05) is 18.6 Å². The fraction of sp³-hybridized carbons (Fsp3) is 0.684. The number of primary amides is 1. The van der Waals surface area contributed by atoms with Crippen molar-refractivity contribution in [1.82, 2.24) is 16.0 Å². The zero-order chi connectivity index (χ0) is 26.3. The highest BCUT2D eigenvalue weighted by Gasteiger charge is 2.29. The van der Waals surface area contributed by atoms with E-state index < -0.39 is 66.2 Å². The normalized spacial score (nSPS) is 14.2. The Kier molecular flexibility index (Phi) is 15.2. The number of unbranched alkanes of at least 4 members (excludes halogenated alkanes) is 1. The molecule has 0 aliphatic rings. The number of carboxylic acid groups (broad SMARTS) is 2. The number of hydrogen-bond donors (Lipinski definition) is 9. The number of hydrogen-bond acceptors (Lipinski definition) is 9. The Morgan fingerprint density at radius 2 is 1.32 bits per heavy atom. The van der Waals surface area contributed by atoms with E-state index in [1.54, 1.807) is 0 Å². The van der Waals surface area contributed by atoms with Gasteiger partial charge in [0.15, 0.2) is 0 Å². The number of amides is 4. The predicted molar refractivity (Wildman–Crippen MR) is 123 cm³/mol. The number of rotatable bonds is 18. The molecular weight excluding hydrogens is 472 g/mol. The van der Waals surface area contributed by atoms with Crippen molar-refractivity contribution in [3.8, 4) is 0 Å². The van der Waals surface area contributed by atoms with E-state index in [0.29, 0.717) is 19.4 Å². The highest BCUT2D eigenvalue weighted by Crippen LogP contribution is 2.05. The molecule has 0 aliphatic carbocycles. The van der Waals surface area contributed by atoms with Crippen LogP contribution in [0.15, 0.2) is 0 Å². The highest BCUT2D eigenvalue weighted by atomic mass is 32.1. The van der Waals surface area contributed by atoms with Gasteiger partial charge in [-0.25, -0.2) is 4.79 Å². The number of nitrogens with one attached hydrogen (secondary N) is 3. The molecule has 0 spiro atoms. The summed E-state index contributed by atoms with van der Waals surface area (Å²) in [6.07, 6.45) is 0.229. The summed E-state index contributed by atoms with van der Waals surface area (Å²) < 4.78 is 0. The Morgan fingerprint density at radius 3 is 1.82 bits per heavy atom. The van der Waals surface area contributed by atoms with Crippen molar-refractivity contribution < 1.29 is 39.0 Å². The molecule has 15 heteroatoms. The van der Waals surface area contributed by atoms with E-state index in [0.717, 1.165) is 0 Å². The molecule has 11 N–H and O–H groups in total. The van der Waals surface area contributed by atoms with Crippen molar-refractivity contribution in [2.45, 2.75) is 69.1 Å². The second-order valence-electron chi connectivity index (χ2n) is 7.53. The van der Waals surface area contributed by atoms with E-state index >= 15 is 0 Å². The lowest BCUT2D eigenvalue weighted by atomic mass is 10.1. The van der Waals surface area contributed by atoms with E-state index in [9.17, 15) is 33.9 Å². The van der Waals surface area contributed by atoms with Crippen molar-refractivity contribution >= 4 is 48.2 Å². The molecule has 4 unspecified atom stereocenters. The lowest BCUT2D eigenvalue weighted by Crippen LogP contribution is -2.57. The number of thiol groups is 1. The molecular formula is C19H34N6O8S. The SMILES string of the molecule is NCCCCC(NC(=O)C(N)CCC(N)=O)C(=O)NC(CS)C(=O)NC(CCC(=O)O)C(=O)O. The van der Waals surface area contributed by atoms with Crippen LogP contribution in [0.4, 0.5) is 0 Å². The average molecular weight is 507 g/mol. The Morgan fingerprint density at radius 1 is 0.765 bits per heavy atom. The van der Waals surface area contributed by atoms with Gasteiger partial charge in [0.25, 0.3) is 0 Å². The third-order valence-electron chi connectivity index (χ3n) is 4.70. The molecule has 0 saturated carbocycles. The molecule has 4 atom stereocenters. The molecule has 0 aromatic carbocycles. The molecule has 0 aromatic heterocycles. The summed E-state index contributed by atoms with van der Waals surface area (Å²) in [4.78, 5) is 70.5. The van der Waals surface area contributed by atoms with Crippen LogP contribution in [0, 0.1) is 0 Å². The second kappa shape index (κ2) is 16.7. The average Bonchev–Trinajstić information content (AvgIpc) is 2.76. The molecule has 0 bridgehead atoms. The second-order valence-corrected chi connectivity index (χ2v) is 7.90. The minimum Gasteiger partial charge on any atom is -0.481 e. The van der Waals surface area contributed by atoms with Gasteiger partial charge in [-0.05, 0) is 38.6 Å². The van der Waals surface area contributed by atoms with Gasteiger partial charge in [0.2, 0.25) is 23.6 Å². The fourth-order valence-corrected chi connectivity index (χ4v) is 2.99. The van der Waals surface area contributed by atoms with Gasteiger partial charge in [-0.1, -0.05) is 0 Å². The number of aliphatic carboxylic acids is 2. The summed E-state index contributed by atoms with van der Waals surface area (Å²) in [5.41, 5.74) is 16.2. The van der Waals surface area contributed by atoms with Gasteiger partial charge in [-0.3, -0.25) is 24.0 Å². The smallest absolute Gasteiger partial charge is 0.326 e. The van der Waals surface area contributed by atoms with E-state index in [1.807, 2.05) is 0 Å². The third kappa shape index (κ3) is 13.0. The monoisotopic (exact) mass is 506 g/mol. The number of carbonyl (C=O) groups excluding carboxylic acids is 4. The van der Waals surface area contributed by atoms with Crippen molar-refractivity contribution in [2.24, 2.45) is 17.2 Å². The Labute approximate surface area is 202 Å². The molecule has 0 fully saturated rings. The van der Waals surface area contributed by atoms with Crippen molar-refractivity contribution in [3.05, 3.63) is 0 Å². The molecule has 14 nitrogen and oxygen atoms in total. The fourth-order valence-electron chi connectivity index (χ4n) is 2.73. The molecule has 0 aliphatic heterocycles. The summed E-state index contributed by atoms with van der Waals surface area (Å²) in [5.74, 6) is -5.82. The van der Waals surface area contributed by atoms with Crippen LogP contribution in [0.2, 0.25) is 0 Å². The molecule has 0 heterocycles. The minimum atomic E-state index is -1.48. The van der Waals surface area contributed by atoms with Gasteiger partial charge in [-0.15, -0.1) is 0 Å². The van der Waals surface area contributed by atoms with Crippen LogP contribution in [-0.4, -0.2) is 82.2 Å². The van der Waals surface area contributed by atoms with Crippen LogP contribution in [0.1, 0.15) is 44.9 Å². The van der Waals surface area contributed by atoms with Crippen molar-refractivity contribution in [2.75, 3.05) is 12.3 Å². The molecule has 4 amide bonds. The van der Waals surface area contributed by atoms with Gasteiger partial charge < -0.3 is 43.4 Å². The topological polar surface area (TPSA) is 257 Å². The first kappa shape index (κ1) is 31.1. The Balaban J connectivity index is 5.24. The summed E-state index contributed by atoms with van der Waals surface area (Å²) in [6.45, 7) is 0.356. The minimum absolute atomic E-state index is 0.0209. The van der Waals surface area contributed by atoms with E-state index in [-0.39, 0.29) is 31.4 Å². The Hall–Kier alpha value is -2.91. The molecule has 0 aromatic rings. The summed E-state index contributed by atoms with van der Waals surface area (Å²) in [5, 5.41) is 25.0. The van der Waals surface area contributed by atoms with Gasteiger partial charge in [-0.2, -0.15) is 12.6 Å². The zero-order valence-electron chi connectivity index (χ0n) is 18.7. The highest BCUT2D eigenvalue weighted by molar-refractivity contribution is 7.80. The maximum Gasteiger partial charge on any atom is 0.326 e. The van der Waals surface area contributed by atoms with E-state index in [1.165, 1.54) is 0 Å². The quantitative estimate of drug-likeness (QED) is 0.0674. The molecule has 0 radical (unpaired) electrons. The maximum atomic E-state index is 12.8. The standard InChI is InChI=1S/C19H34N6O8S/c20-8-2-1-3-11(23-16(29)10(21)4-6-14(22)26)17(30)25-13(9-34)18(31)24-12(19(32)33)5-7-15(27)28/h10-13,34H,1-9,20-21H2,(H2,22,26)(H,23,29)(H,24,31)(H,25,30)(H,27,28)(H,32,33). The maximum absolute atomic E-state index is 12.8. The number of carboxylic acids is 2. The zero-order valence-corrected chi connectivity index (χ0v) is 19.6. The molecule has 0 saturated heterocycles. The first-order valence-corrected chi connectivity index (χ1v) is 11.3. The third-order valence-corrected chi connectivity index (χ3v) is 5.06. The largest absolute Gasteiger partial charge is 0.481 e. The van der Waals surface area contributed by atoms with E-state index in [4.69, 9.17) is 22.3 Å². The lowest BCUT2D eigenvalue weighted by Gasteiger charge is -2.24. The predicted octanol–water partition coefficient (Wildman–Crippen LogP) is -2.96. The first-order chi connectivity index (χ1) is 15.9. The van der Waals surface area contributed by atoms with Gasteiger partial charge >= 0.3 is 11.9 Å². The molecule has 34 heavy (non-hydrogen) atoms. The number of nitrogens with two attached hydrogens (primary N) is 3. The van der Waals surface area contributed by atoms with E-state index in [2.05, 4.69) is 28.6 Å². The first-order valence-electron chi connectivity index (χ1n) is 10.6. The molecule has 0 rings (SSSR count). The van der Waals surface area contributed by atoms with Crippen molar-refractivity contribution in [3.63, 3.8) is 0 Å². The number of carbonyl (C=O) groups is 6. The van der Waals surface area contributed by atoms with Crippen LogP contribution >= 0.6 is 12.6 Å². The van der Waals surface area contributed by atoms with Crippen LogP contribution in [0.5, 0.6) is 0 Å². The summed E-state index contributed by atoms with van der Waals surface area (Å²) in [6, 6.07) is -4.92. The molecule has 194 valence electrons. The van der Waals surface area contributed by atoms with Crippen LogP contribution in [-0.2, 0) is 28.8 Å². The Bertz CT molecular complexity index is 738. The summed E-state index contributed by atoms with van der Waals surface area (Å²) >= 11 is 4.01. The lowest BCUT2D eigenvalue weighted by molar-refractivity contribution is -0.143. The summed E-state index contributed by atoms with van der Waals surface area (Å²) in [7, 11) is 0. The van der Waals surface area contributed by atoms with Gasteiger partial charge in [0.1, 0.15) is 18.1 Å². The van der Waals surface area contributed by atoms with Gasteiger partial charge in [0.05, 0.1) is 6.04 Å². The van der Waals surface area contributed by atoms with Crippen LogP contribution in [0.25, 0.3) is 0 Å². The van der Waals surface area contributed by atoms with Crippen LogP contribution in [0.3, 0.4) is 0 Å².